The van der Waals surface area contributed by atoms with Crippen molar-refractivity contribution in [2.75, 3.05) is 47.1 Å². The van der Waals surface area contributed by atoms with E-state index in [9.17, 15) is 4.79 Å². The molecule has 4 rings (SSSR count). The number of likely N-dealkylation sites (tertiary alicyclic amines) is 1. The summed E-state index contributed by atoms with van der Waals surface area (Å²) in [5, 5.41) is 0. The van der Waals surface area contributed by atoms with E-state index >= 15 is 0 Å². The molecule has 2 fully saturated rings. The Hall–Kier alpha value is -2.77. The lowest BCUT2D eigenvalue weighted by Gasteiger charge is -2.52. The molecule has 2 aliphatic rings. The van der Waals surface area contributed by atoms with E-state index in [0.29, 0.717) is 37.0 Å². The van der Waals surface area contributed by atoms with Crippen molar-refractivity contribution in [2.45, 2.75) is 31.5 Å². The van der Waals surface area contributed by atoms with Crippen molar-refractivity contribution in [3.8, 4) is 17.2 Å². The summed E-state index contributed by atoms with van der Waals surface area (Å²) < 4.78 is 22.9. The van der Waals surface area contributed by atoms with E-state index in [1.807, 2.05) is 53.4 Å². The third-order valence-corrected chi connectivity index (χ3v) is 6.33. The van der Waals surface area contributed by atoms with Crippen molar-refractivity contribution in [2.24, 2.45) is 0 Å². The zero-order valence-corrected chi connectivity index (χ0v) is 19.2. The number of ether oxygens (including phenoxy) is 4. The minimum Gasteiger partial charge on any atom is -0.493 e. The number of methoxy groups -OCH3 is 2. The van der Waals surface area contributed by atoms with Gasteiger partial charge in [-0.25, -0.2) is 0 Å². The number of nitrogens with zero attached hydrogens (tertiary/aromatic N) is 2. The van der Waals surface area contributed by atoms with E-state index in [1.165, 1.54) is 0 Å². The summed E-state index contributed by atoms with van der Waals surface area (Å²) in [6.07, 6.45) is -0.626. The molecule has 7 heteroatoms. The summed E-state index contributed by atoms with van der Waals surface area (Å²) in [6, 6.07) is 14.9. The van der Waals surface area contributed by atoms with Gasteiger partial charge >= 0.3 is 0 Å². The van der Waals surface area contributed by atoms with Crippen LogP contribution in [-0.2, 0) is 9.53 Å². The van der Waals surface area contributed by atoms with Crippen LogP contribution in [0.25, 0.3) is 0 Å². The highest BCUT2D eigenvalue weighted by Crippen LogP contribution is 2.45. The van der Waals surface area contributed by atoms with Crippen LogP contribution in [0.15, 0.2) is 48.5 Å². The lowest BCUT2D eigenvalue weighted by atomic mass is 9.87. The number of β-lactam (4-membered cyclic amide) rings is 1. The second-order valence-corrected chi connectivity index (χ2v) is 8.76. The van der Waals surface area contributed by atoms with Crippen LogP contribution in [0.1, 0.15) is 25.5 Å². The first-order chi connectivity index (χ1) is 15.5. The molecule has 0 aliphatic carbocycles. The standard InChI is InChI=1S/C25H32N2O5/c1-25(2,26-13-15-31-16-14-26)17-27-21(19-11-8-12-20(29-3)22(19)30-4)23(24(27)28)32-18-9-6-5-7-10-18/h5-12,21,23H,13-17H2,1-4H3. The number of morpholine rings is 1. The fraction of sp³-hybridized carbons (Fsp3) is 0.480. The van der Waals surface area contributed by atoms with Gasteiger partial charge in [-0.05, 0) is 32.0 Å². The van der Waals surface area contributed by atoms with Crippen molar-refractivity contribution in [3.05, 3.63) is 54.1 Å². The molecule has 0 aromatic heterocycles. The smallest absolute Gasteiger partial charge is 0.266 e. The highest BCUT2D eigenvalue weighted by molar-refractivity contribution is 5.90. The second kappa shape index (κ2) is 9.38. The fourth-order valence-electron chi connectivity index (χ4n) is 4.62. The molecule has 2 unspecified atom stereocenters. The molecule has 7 nitrogen and oxygen atoms in total. The van der Waals surface area contributed by atoms with E-state index in [-0.39, 0.29) is 17.5 Å². The number of carbonyl (C=O) groups is 1. The van der Waals surface area contributed by atoms with Crippen molar-refractivity contribution in [3.63, 3.8) is 0 Å². The number of hydrogen-bond donors (Lipinski definition) is 0. The van der Waals surface area contributed by atoms with Crippen LogP contribution in [0.5, 0.6) is 17.2 Å². The Morgan fingerprint density at radius 1 is 1.00 bits per heavy atom. The molecule has 172 valence electrons. The van der Waals surface area contributed by atoms with Gasteiger partial charge in [-0.15, -0.1) is 0 Å². The van der Waals surface area contributed by atoms with Gasteiger partial charge in [0.2, 0.25) is 6.10 Å². The van der Waals surface area contributed by atoms with Gasteiger partial charge in [-0.3, -0.25) is 9.69 Å². The quantitative estimate of drug-likeness (QED) is 0.588. The number of benzene rings is 2. The summed E-state index contributed by atoms with van der Waals surface area (Å²) in [5.74, 6) is 1.91. The number of para-hydroxylation sites is 2. The first kappa shape index (κ1) is 22.4. The first-order valence-electron chi connectivity index (χ1n) is 11.0. The molecule has 0 bridgehead atoms. The Kier molecular flexibility index (Phi) is 6.58. The monoisotopic (exact) mass is 440 g/mol. The highest BCUT2D eigenvalue weighted by atomic mass is 16.5. The number of rotatable bonds is 8. The van der Waals surface area contributed by atoms with E-state index in [1.54, 1.807) is 14.2 Å². The molecule has 1 amide bonds. The first-order valence-corrected chi connectivity index (χ1v) is 11.0. The maximum absolute atomic E-state index is 13.4. The molecule has 2 saturated heterocycles. The minimum absolute atomic E-state index is 0.0231. The van der Waals surface area contributed by atoms with Gasteiger partial charge in [0.25, 0.3) is 5.91 Å². The minimum atomic E-state index is -0.626. The van der Waals surface area contributed by atoms with Crippen LogP contribution in [0, 0.1) is 0 Å². The predicted octanol–water partition coefficient (Wildman–Crippen LogP) is 3.15. The highest BCUT2D eigenvalue weighted by Gasteiger charge is 2.53. The van der Waals surface area contributed by atoms with Gasteiger partial charge in [0.05, 0.1) is 27.4 Å². The normalized spacial score (nSPS) is 21.8. The van der Waals surface area contributed by atoms with Gasteiger partial charge in [0.15, 0.2) is 11.5 Å². The largest absolute Gasteiger partial charge is 0.493 e. The average molecular weight is 441 g/mol. The Morgan fingerprint density at radius 3 is 2.38 bits per heavy atom. The van der Waals surface area contributed by atoms with Crippen molar-refractivity contribution < 1.29 is 23.7 Å². The lowest BCUT2D eigenvalue weighted by Crippen LogP contribution is -2.66. The van der Waals surface area contributed by atoms with Crippen molar-refractivity contribution >= 4 is 5.91 Å². The van der Waals surface area contributed by atoms with E-state index in [0.717, 1.165) is 18.7 Å². The van der Waals surface area contributed by atoms with Gasteiger partial charge < -0.3 is 23.8 Å². The maximum atomic E-state index is 13.4. The molecule has 32 heavy (non-hydrogen) atoms. The Bertz CT molecular complexity index is 927. The molecule has 2 aromatic carbocycles. The third kappa shape index (κ3) is 4.27. The van der Waals surface area contributed by atoms with Crippen LogP contribution in [-0.4, -0.2) is 74.4 Å². The number of hydrogen-bond acceptors (Lipinski definition) is 6. The van der Waals surface area contributed by atoms with Gasteiger partial charge in [-0.2, -0.15) is 0 Å². The van der Waals surface area contributed by atoms with Crippen LogP contribution in [0.3, 0.4) is 0 Å². The third-order valence-electron chi connectivity index (χ3n) is 6.33. The van der Waals surface area contributed by atoms with Crippen LogP contribution in [0.4, 0.5) is 0 Å². The van der Waals surface area contributed by atoms with Gasteiger partial charge in [0.1, 0.15) is 11.8 Å². The molecule has 2 aliphatic heterocycles. The summed E-state index contributed by atoms with van der Waals surface area (Å²) in [5.41, 5.74) is 0.673. The molecule has 0 spiro atoms. The SMILES string of the molecule is COc1cccc(C2C(Oc3ccccc3)C(=O)N2CC(C)(C)N2CCOCC2)c1OC. The molecule has 0 N–H and O–H groups in total. The molecular formula is C25H32N2O5. The zero-order valence-electron chi connectivity index (χ0n) is 19.2. The number of carbonyl (C=O) groups excluding carboxylic acids is 1. The van der Waals surface area contributed by atoms with Crippen LogP contribution >= 0.6 is 0 Å². The van der Waals surface area contributed by atoms with E-state index < -0.39 is 6.10 Å². The molecule has 0 saturated carbocycles. The molecule has 2 heterocycles. The average Bonchev–Trinajstić information content (AvgIpc) is 2.83. The topological polar surface area (TPSA) is 60.5 Å². The summed E-state index contributed by atoms with van der Waals surface area (Å²) in [6.45, 7) is 8.06. The van der Waals surface area contributed by atoms with E-state index in [4.69, 9.17) is 18.9 Å². The van der Waals surface area contributed by atoms with Crippen molar-refractivity contribution in [1.29, 1.82) is 0 Å². The summed E-state index contributed by atoms with van der Waals surface area (Å²) in [7, 11) is 3.24. The van der Waals surface area contributed by atoms with Crippen LogP contribution < -0.4 is 14.2 Å². The lowest BCUT2D eigenvalue weighted by molar-refractivity contribution is -0.168. The van der Waals surface area contributed by atoms with E-state index in [2.05, 4.69) is 18.7 Å². The Labute approximate surface area is 189 Å². The Morgan fingerprint density at radius 2 is 1.72 bits per heavy atom. The van der Waals surface area contributed by atoms with Gasteiger partial charge in [0, 0.05) is 30.7 Å². The van der Waals surface area contributed by atoms with Crippen LogP contribution in [0.2, 0.25) is 0 Å². The number of amides is 1. The zero-order chi connectivity index (χ0) is 22.7. The molecule has 0 radical (unpaired) electrons. The fourth-order valence-corrected chi connectivity index (χ4v) is 4.62. The predicted molar refractivity (Wildman–Crippen MR) is 121 cm³/mol. The Balaban J connectivity index is 1.66. The van der Waals surface area contributed by atoms with Crippen molar-refractivity contribution in [1.82, 2.24) is 9.80 Å². The van der Waals surface area contributed by atoms with Gasteiger partial charge in [-0.1, -0.05) is 30.3 Å². The summed E-state index contributed by atoms with van der Waals surface area (Å²) >= 11 is 0. The molecular weight excluding hydrogens is 408 g/mol. The second-order valence-electron chi connectivity index (χ2n) is 8.76. The molecule has 2 aromatic rings. The summed E-state index contributed by atoms with van der Waals surface area (Å²) in [4.78, 5) is 17.6. The maximum Gasteiger partial charge on any atom is 0.266 e. The molecule has 2 atom stereocenters.